The Balaban J connectivity index is 1.33. The minimum absolute atomic E-state index is 0.0320. The number of ketones is 1. The number of aryl methyl sites for hydroxylation is 1. The number of ether oxygens (including phenoxy) is 2. The highest BCUT2D eigenvalue weighted by atomic mass is 19.1. The number of cyclic esters (lactones) is 1. The van der Waals surface area contributed by atoms with E-state index in [1.807, 2.05) is 16.7 Å². The number of fused-ring (bicyclic) bond motifs is 1. The van der Waals surface area contributed by atoms with Gasteiger partial charge in [0, 0.05) is 44.3 Å². The van der Waals surface area contributed by atoms with Crippen LogP contribution < -0.4 is 25.9 Å². The van der Waals surface area contributed by atoms with Crippen LogP contribution in [0.5, 0.6) is 0 Å². The standard InChI is InChI=1S/C29H31F2N5O6/c1-4-33-14-19(28(39)41-3)27(38)18-12-21(31)24(13-23(18)33)35-9-7-34(8-10-35)22-6-5-17(11-20(22)30)36-15-25(42-29(36)40)26(32)16(2)37/h5-6,11-14,25-26H,4,7-10,15,32H2,1-3H3/t25?,26-/m1/s1. The molecular weight excluding hydrogens is 552 g/mol. The molecule has 0 saturated carbocycles. The first-order valence-electron chi connectivity index (χ1n) is 13.5. The maximum atomic E-state index is 15.3. The lowest BCUT2D eigenvalue weighted by atomic mass is 10.1. The van der Waals surface area contributed by atoms with Crippen LogP contribution in [0.1, 0.15) is 24.2 Å². The van der Waals surface area contributed by atoms with E-state index in [2.05, 4.69) is 0 Å². The lowest BCUT2D eigenvalue weighted by molar-refractivity contribution is -0.120. The fraction of sp³-hybridized carbons (Fsp3) is 0.379. The third kappa shape index (κ3) is 5.15. The number of nitrogens with two attached hydrogens (primary N) is 1. The van der Waals surface area contributed by atoms with Crippen LogP contribution in [-0.2, 0) is 20.8 Å². The van der Waals surface area contributed by atoms with E-state index in [0.717, 1.165) is 6.07 Å². The fourth-order valence-corrected chi connectivity index (χ4v) is 5.41. The number of piperazine rings is 1. The van der Waals surface area contributed by atoms with Gasteiger partial charge in [-0.25, -0.2) is 18.4 Å². The van der Waals surface area contributed by atoms with Crippen LogP contribution in [0.3, 0.4) is 0 Å². The van der Waals surface area contributed by atoms with Crippen molar-refractivity contribution in [1.29, 1.82) is 0 Å². The highest BCUT2D eigenvalue weighted by molar-refractivity contribution is 5.95. The zero-order valence-corrected chi connectivity index (χ0v) is 23.4. The molecule has 42 heavy (non-hydrogen) atoms. The van der Waals surface area contributed by atoms with Crippen LogP contribution in [0.15, 0.2) is 41.3 Å². The molecule has 13 heteroatoms. The van der Waals surface area contributed by atoms with Gasteiger partial charge in [-0.3, -0.25) is 14.5 Å². The first-order chi connectivity index (χ1) is 20.0. The predicted octanol–water partition coefficient (Wildman–Crippen LogP) is 2.65. The molecule has 0 spiro atoms. The van der Waals surface area contributed by atoms with Crippen LogP contribution in [0, 0.1) is 11.6 Å². The van der Waals surface area contributed by atoms with E-state index >= 15 is 8.78 Å². The summed E-state index contributed by atoms with van der Waals surface area (Å²) in [5, 5.41) is 0.0817. The number of hydrogen-bond donors (Lipinski definition) is 1. The highest BCUT2D eigenvalue weighted by Crippen LogP contribution is 2.31. The van der Waals surface area contributed by atoms with Crippen molar-refractivity contribution in [2.24, 2.45) is 5.73 Å². The SMILES string of the molecule is CCn1cc(C(=O)OC)c(=O)c2cc(F)c(N3CCN(c4ccc(N5CC([C@H](N)C(C)=O)OC5=O)cc4F)CC3)cc21. The molecule has 2 fully saturated rings. The number of carbonyl (C=O) groups is 3. The Morgan fingerprint density at radius 3 is 2.29 bits per heavy atom. The fourth-order valence-electron chi connectivity index (χ4n) is 5.41. The van der Waals surface area contributed by atoms with Crippen molar-refractivity contribution in [3.63, 3.8) is 0 Å². The summed E-state index contributed by atoms with van der Waals surface area (Å²) in [7, 11) is 1.18. The molecule has 222 valence electrons. The lowest BCUT2D eigenvalue weighted by Gasteiger charge is -2.37. The van der Waals surface area contributed by atoms with Crippen LogP contribution in [0.4, 0.5) is 30.6 Å². The number of halogens is 2. The van der Waals surface area contributed by atoms with Gasteiger partial charge >= 0.3 is 12.1 Å². The number of aromatic nitrogens is 1. The number of rotatable bonds is 7. The van der Waals surface area contributed by atoms with Crippen molar-refractivity contribution < 1.29 is 32.6 Å². The number of methoxy groups -OCH3 is 1. The van der Waals surface area contributed by atoms with E-state index in [0.29, 0.717) is 49.6 Å². The maximum absolute atomic E-state index is 15.3. The molecule has 1 amide bonds. The monoisotopic (exact) mass is 583 g/mol. The number of benzene rings is 2. The summed E-state index contributed by atoms with van der Waals surface area (Å²) in [6.45, 7) is 5.16. The van der Waals surface area contributed by atoms with Gasteiger partial charge in [0.15, 0.2) is 0 Å². The van der Waals surface area contributed by atoms with Crippen molar-refractivity contribution >= 4 is 45.8 Å². The third-order valence-electron chi connectivity index (χ3n) is 7.80. The number of hydrogen-bond acceptors (Lipinski definition) is 9. The van der Waals surface area contributed by atoms with E-state index in [4.69, 9.17) is 15.2 Å². The molecular formula is C29H31F2N5O6. The molecule has 11 nitrogen and oxygen atoms in total. The molecule has 1 aromatic heterocycles. The van der Waals surface area contributed by atoms with Crippen LogP contribution in [0.25, 0.3) is 10.9 Å². The molecule has 2 aliphatic heterocycles. The Morgan fingerprint density at radius 1 is 1.05 bits per heavy atom. The largest absolute Gasteiger partial charge is 0.465 e. The Hall–Kier alpha value is -4.52. The van der Waals surface area contributed by atoms with Gasteiger partial charge in [0.25, 0.3) is 0 Å². The van der Waals surface area contributed by atoms with Crippen molar-refractivity contribution in [3.8, 4) is 0 Å². The second kappa shape index (κ2) is 11.4. The summed E-state index contributed by atoms with van der Waals surface area (Å²) in [4.78, 5) is 53.8. The Bertz CT molecular complexity index is 1630. The topological polar surface area (TPSA) is 127 Å². The van der Waals surface area contributed by atoms with E-state index < -0.39 is 41.3 Å². The van der Waals surface area contributed by atoms with Crippen LogP contribution in [0.2, 0.25) is 0 Å². The molecule has 2 aliphatic rings. The summed E-state index contributed by atoms with van der Waals surface area (Å²) >= 11 is 0. The van der Waals surface area contributed by atoms with Gasteiger partial charge in [0.2, 0.25) is 5.43 Å². The minimum atomic E-state index is -0.960. The van der Waals surface area contributed by atoms with Gasteiger partial charge < -0.3 is 29.6 Å². The number of anilines is 3. The molecule has 1 unspecified atom stereocenters. The Labute approximate surface area is 240 Å². The second-order valence-electron chi connectivity index (χ2n) is 10.2. The maximum Gasteiger partial charge on any atom is 0.414 e. The van der Waals surface area contributed by atoms with Crippen molar-refractivity contribution in [2.45, 2.75) is 32.5 Å². The van der Waals surface area contributed by atoms with E-state index in [9.17, 15) is 19.2 Å². The molecule has 2 aromatic carbocycles. The minimum Gasteiger partial charge on any atom is -0.465 e. The smallest absolute Gasteiger partial charge is 0.414 e. The predicted molar refractivity (Wildman–Crippen MR) is 152 cm³/mol. The van der Waals surface area contributed by atoms with Crippen LogP contribution in [-0.4, -0.2) is 74.4 Å². The molecule has 3 aromatic rings. The number of Topliss-reactive ketones (excluding diaryl/α,β-unsaturated/α-hetero) is 1. The van der Waals surface area contributed by atoms with E-state index in [1.165, 1.54) is 31.2 Å². The first kappa shape index (κ1) is 29.0. The zero-order valence-electron chi connectivity index (χ0n) is 23.4. The van der Waals surface area contributed by atoms with E-state index in [-0.39, 0.29) is 29.0 Å². The number of carbonyl (C=O) groups excluding carboxylic acids is 3. The number of pyridine rings is 1. The Morgan fingerprint density at radius 2 is 1.69 bits per heavy atom. The zero-order chi connectivity index (χ0) is 30.3. The molecule has 2 saturated heterocycles. The average molecular weight is 584 g/mol. The number of esters is 1. The molecule has 2 atom stereocenters. The summed E-state index contributed by atoms with van der Waals surface area (Å²) in [6.07, 6.45) is -0.101. The molecule has 5 rings (SSSR count). The van der Waals surface area contributed by atoms with Gasteiger partial charge in [-0.1, -0.05) is 0 Å². The molecule has 2 N–H and O–H groups in total. The summed E-state index contributed by atoms with van der Waals surface area (Å²) < 4.78 is 42.2. The van der Waals surface area contributed by atoms with Crippen molar-refractivity contribution in [1.82, 2.24) is 4.57 Å². The molecule has 0 radical (unpaired) electrons. The van der Waals surface area contributed by atoms with Gasteiger partial charge in [-0.15, -0.1) is 0 Å². The van der Waals surface area contributed by atoms with Gasteiger partial charge in [-0.05, 0) is 44.2 Å². The van der Waals surface area contributed by atoms with E-state index in [1.54, 1.807) is 22.8 Å². The molecule has 0 bridgehead atoms. The summed E-state index contributed by atoms with van der Waals surface area (Å²) in [5.41, 5.74) is 6.46. The third-order valence-corrected chi connectivity index (χ3v) is 7.80. The quantitative estimate of drug-likeness (QED) is 0.418. The Kier molecular flexibility index (Phi) is 7.87. The van der Waals surface area contributed by atoms with Gasteiger partial charge in [0.05, 0.1) is 36.2 Å². The summed E-state index contributed by atoms with van der Waals surface area (Å²) in [6, 6.07) is 6.19. The van der Waals surface area contributed by atoms with Gasteiger partial charge in [0.1, 0.15) is 35.1 Å². The number of nitrogens with zero attached hydrogens (tertiary/aromatic N) is 4. The highest BCUT2D eigenvalue weighted by Gasteiger charge is 2.38. The van der Waals surface area contributed by atoms with Crippen molar-refractivity contribution in [3.05, 3.63) is 63.9 Å². The van der Waals surface area contributed by atoms with Gasteiger partial charge in [-0.2, -0.15) is 0 Å². The van der Waals surface area contributed by atoms with Crippen molar-refractivity contribution in [2.75, 3.05) is 54.5 Å². The summed E-state index contributed by atoms with van der Waals surface area (Å²) in [5.74, 6) is -2.25. The molecule has 0 aliphatic carbocycles. The first-order valence-corrected chi connectivity index (χ1v) is 13.5. The second-order valence-corrected chi connectivity index (χ2v) is 10.2. The van der Waals surface area contributed by atoms with Crippen LogP contribution >= 0.6 is 0 Å². The normalized spacial score (nSPS) is 17.9. The lowest BCUT2D eigenvalue weighted by Crippen LogP contribution is -2.47. The number of amides is 1. The molecule has 3 heterocycles. The average Bonchev–Trinajstić information content (AvgIpc) is 3.38.